The summed E-state index contributed by atoms with van der Waals surface area (Å²) < 4.78 is 12.1. The molecular weight excluding hydrogens is 464 g/mol. The minimum absolute atomic E-state index is 0.0125. The van der Waals surface area contributed by atoms with Crippen LogP contribution in [0.3, 0.4) is 0 Å². The second-order valence-electron chi connectivity index (χ2n) is 13.2. The standard InChI is InChI=1S/C32H38O5/c1-31(2,3)20-11-7-18(8-12-20)29(34)36-27-23-17-24(26-22(23)15-16-25(26)33)28(27)37-30(35)19-9-13-21(14-10-19)32(4,5)6/h7-14,22-24,26-28H,15-17H2,1-6H3. The van der Waals surface area contributed by atoms with E-state index in [4.69, 9.17) is 9.47 Å². The second kappa shape index (κ2) is 9.11. The molecular formula is C32H38O5. The third-order valence-electron chi connectivity index (χ3n) is 8.74. The van der Waals surface area contributed by atoms with Crippen molar-refractivity contribution < 1.29 is 23.9 Å². The van der Waals surface area contributed by atoms with Crippen molar-refractivity contribution in [3.63, 3.8) is 0 Å². The topological polar surface area (TPSA) is 69.7 Å². The van der Waals surface area contributed by atoms with Crippen LogP contribution < -0.4 is 0 Å². The van der Waals surface area contributed by atoms with Crippen LogP contribution in [0.15, 0.2) is 48.5 Å². The van der Waals surface area contributed by atoms with E-state index in [0.717, 1.165) is 24.0 Å². The maximum atomic E-state index is 13.2. The largest absolute Gasteiger partial charge is 0.455 e. The molecule has 0 N–H and O–H groups in total. The zero-order chi connectivity index (χ0) is 26.7. The van der Waals surface area contributed by atoms with Gasteiger partial charge in [-0.15, -0.1) is 0 Å². The van der Waals surface area contributed by atoms with Gasteiger partial charge in [0.25, 0.3) is 0 Å². The molecule has 3 saturated carbocycles. The molecule has 0 aromatic heterocycles. The van der Waals surface area contributed by atoms with E-state index >= 15 is 0 Å². The number of carbonyl (C=O) groups is 3. The second-order valence-corrected chi connectivity index (χ2v) is 13.2. The number of carbonyl (C=O) groups excluding carboxylic acids is 3. The number of esters is 2. The number of benzene rings is 2. The van der Waals surface area contributed by atoms with Gasteiger partial charge in [0, 0.05) is 24.2 Å². The van der Waals surface area contributed by atoms with Crippen LogP contribution in [0.1, 0.15) is 92.6 Å². The zero-order valence-corrected chi connectivity index (χ0v) is 22.7. The van der Waals surface area contributed by atoms with E-state index in [0.29, 0.717) is 17.5 Å². The van der Waals surface area contributed by atoms with Gasteiger partial charge in [-0.2, -0.15) is 0 Å². The van der Waals surface area contributed by atoms with Gasteiger partial charge in [0.15, 0.2) is 0 Å². The highest BCUT2D eigenvalue weighted by atomic mass is 16.6. The molecule has 5 heteroatoms. The lowest BCUT2D eigenvalue weighted by atomic mass is 9.78. The molecule has 37 heavy (non-hydrogen) atoms. The number of ketones is 1. The van der Waals surface area contributed by atoms with Crippen LogP contribution in [0.2, 0.25) is 0 Å². The van der Waals surface area contributed by atoms with Gasteiger partial charge in [-0.1, -0.05) is 65.8 Å². The molecule has 0 saturated heterocycles. The fourth-order valence-electron chi connectivity index (χ4n) is 6.67. The van der Waals surface area contributed by atoms with Crippen molar-refractivity contribution in [2.75, 3.05) is 0 Å². The Labute approximate surface area is 219 Å². The molecule has 3 fully saturated rings. The van der Waals surface area contributed by atoms with Crippen LogP contribution in [-0.2, 0) is 25.1 Å². The maximum absolute atomic E-state index is 13.2. The molecule has 2 bridgehead atoms. The molecule has 3 aliphatic carbocycles. The van der Waals surface area contributed by atoms with Crippen molar-refractivity contribution in [3.8, 4) is 0 Å². The number of rotatable bonds is 4. The molecule has 2 aromatic rings. The number of hydrogen-bond acceptors (Lipinski definition) is 5. The average Bonchev–Trinajstić information content (AvgIpc) is 3.50. The Morgan fingerprint density at radius 1 is 0.676 bits per heavy atom. The highest BCUT2D eigenvalue weighted by Gasteiger charge is 2.64. The number of Topliss-reactive ketones (excluding diaryl/α,β-unsaturated/α-hetero) is 1. The summed E-state index contributed by atoms with van der Waals surface area (Å²) in [6, 6.07) is 15.0. The van der Waals surface area contributed by atoms with E-state index in [9.17, 15) is 14.4 Å². The van der Waals surface area contributed by atoms with Crippen LogP contribution in [-0.4, -0.2) is 29.9 Å². The first kappa shape index (κ1) is 25.7. The Morgan fingerprint density at radius 2 is 1.11 bits per heavy atom. The van der Waals surface area contributed by atoms with Crippen molar-refractivity contribution in [2.24, 2.45) is 23.7 Å². The number of fused-ring (bicyclic) bond motifs is 5. The zero-order valence-electron chi connectivity index (χ0n) is 22.7. The van der Waals surface area contributed by atoms with E-state index in [1.165, 1.54) is 0 Å². The van der Waals surface area contributed by atoms with E-state index in [-0.39, 0.29) is 40.3 Å². The molecule has 0 spiro atoms. The summed E-state index contributed by atoms with van der Waals surface area (Å²) in [6.45, 7) is 12.8. The van der Waals surface area contributed by atoms with Crippen LogP contribution in [0.5, 0.6) is 0 Å². The van der Waals surface area contributed by atoms with Crippen molar-refractivity contribution in [3.05, 3.63) is 70.8 Å². The Balaban J connectivity index is 1.36. The Bertz CT molecular complexity index is 1200. The number of ether oxygens (including phenoxy) is 2. The maximum Gasteiger partial charge on any atom is 0.338 e. The first-order chi connectivity index (χ1) is 17.3. The lowest BCUT2D eigenvalue weighted by Crippen LogP contribution is -2.46. The summed E-state index contributed by atoms with van der Waals surface area (Å²) in [7, 11) is 0. The molecule has 3 aliphatic rings. The van der Waals surface area contributed by atoms with Gasteiger partial charge in [0.1, 0.15) is 18.0 Å². The van der Waals surface area contributed by atoms with Crippen LogP contribution in [0.25, 0.3) is 0 Å². The molecule has 5 rings (SSSR count). The van der Waals surface area contributed by atoms with Gasteiger partial charge < -0.3 is 9.47 Å². The monoisotopic (exact) mass is 502 g/mol. The van der Waals surface area contributed by atoms with E-state index in [2.05, 4.69) is 41.5 Å². The van der Waals surface area contributed by atoms with Crippen LogP contribution in [0, 0.1) is 23.7 Å². The lowest BCUT2D eigenvalue weighted by Gasteiger charge is -2.36. The van der Waals surface area contributed by atoms with Gasteiger partial charge >= 0.3 is 11.9 Å². The lowest BCUT2D eigenvalue weighted by molar-refractivity contribution is -0.127. The average molecular weight is 503 g/mol. The predicted molar refractivity (Wildman–Crippen MR) is 142 cm³/mol. The third-order valence-corrected chi connectivity index (χ3v) is 8.74. The summed E-state index contributed by atoms with van der Waals surface area (Å²) in [4.78, 5) is 39.1. The summed E-state index contributed by atoms with van der Waals surface area (Å²) in [5.74, 6) is -0.517. The molecule has 2 aromatic carbocycles. The van der Waals surface area contributed by atoms with E-state index in [1.807, 2.05) is 24.3 Å². The molecule has 0 heterocycles. The van der Waals surface area contributed by atoms with Crippen LogP contribution >= 0.6 is 0 Å². The fraction of sp³-hybridized carbons (Fsp3) is 0.531. The van der Waals surface area contributed by atoms with Gasteiger partial charge in [0.05, 0.1) is 11.1 Å². The Morgan fingerprint density at radius 3 is 1.54 bits per heavy atom. The van der Waals surface area contributed by atoms with E-state index in [1.54, 1.807) is 24.3 Å². The van der Waals surface area contributed by atoms with Crippen LogP contribution in [0.4, 0.5) is 0 Å². The summed E-state index contributed by atoms with van der Waals surface area (Å²) in [5.41, 5.74) is 3.19. The molecule has 0 aliphatic heterocycles. The third kappa shape index (κ3) is 4.73. The van der Waals surface area contributed by atoms with Gasteiger partial charge in [0.2, 0.25) is 0 Å². The quantitative estimate of drug-likeness (QED) is 0.461. The summed E-state index contributed by atoms with van der Waals surface area (Å²) in [5, 5.41) is 0. The van der Waals surface area contributed by atoms with Gasteiger partial charge in [-0.3, -0.25) is 4.79 Å². The van der Waals surface area contributed by atoms with Crippen molar-refractivity contribution in [1.29, 1.82) is 0 Å². The fourth-order valence-corrected chi connectivity index (χ4v) is 6.67. The molecule has 6 atom stereocenters. The predicted octanol–water partition coefficient (Wildman–Crippen LogP) is 6.28. The van der Waals surface area contributed by atoms with Crippen molar-refractivity contribution in [2.45, 2.75) is 83.8 Å². The Kier molecular flexibility index (Phi) is 6.32. The van der Waals surface area contributed by atoms with Gasteiger partial charge in [-0.05, 0) is 65.0 Å². The first-order valence-corrected chi connectivity index (χ1v) is 13.5. The highest BCUT2D eigenvalue weighted by molar-refractivity contribution is 5.91. The molecule has 196 valence electrons. The highest BCUT2D eigenvalue weighted by Crippen LogP contribution is 2.59. The normalized spacial score (nSPS) is 28.8. The smallest absolute Gasteiger partial charge is 0.338 e. The summed E-state index contributed by atoms with van der Waals surface area (Å²) >= 11 is 0. The minimum atomic E-state index is -0.610. The van der Waals surface area contributed by atoms with Crippen molar-refractivity contribution >= 4 is 17.7 Å². The van der Waals surface area contributed by atoms with E-state index < -0.39 is 24.1 Å². The SMILES string of the molecule is CC(C)(C)c1ccc(C(=O)OC2C3CC(C2OC(=O)c2ccc(C(C)(C)C)cc2)C2C(=O)CCC32)cc1. The minimum Gasteiger partial charge on any atom is -0.455 e. The summed E-state index contributed by atoms with van der Waals surface area (Å²) in [6.07, 6.45) is 0.994. The molecule has 5 nitrogen and oxygen atoms in total. The van der Waals surface area contributed by atoms with Gasteiger partial charge in [-0.25, -0.2) is 9.59 Å². The molecule has 0 amide bonds. The van der Waals surface area contributed by atoms with Crippen molar-refractivity contribution in [1.82, 2.24) is 0 Å². The molecule has 6 unspecified atom stereocenters. The Hall–Kier alpha value is -2.95. The number of hydrogen-bond donors (Lipinski definition) is 0. The first-order valence-electron chi connectivity index (χ1n) is 13.5. The molecule has 0 radical (unpaired) electrons.